The second-order valence-corrected chi connectivity index (χ2v) is 8.65. The van der Waals surface area contributed by atoms with Crippen LogP contribution in [0, 0.1) is 0 Å². The summed E-state index contributed by atoms with van der Waals surface area (Å²) >= 11 is 7.67. The lowest BCUT2D eigenvalue weighted by atomic mass is 9.94. The molecule has 1 heterocycles. The minimum absolute atomic E-state index is 0.0634. The molecule has 0 amide bonds. The summed E-state index contributed by atoms with van der Waals surface area (Å²) in [6, 6.07) is 13.8. The summed E-state index contributed by atoms with van der Waals surface area (Å²) in [5, 5.41) is 11.0. The van der Waals surface area contributed by atoms with Crippen LogP contribution in [-0.2, 0) is 16.0 Å². The molecule has 1 N–H and O–H groups in total. The molecule has 4 nitrogen and oxygen atoms in total. The number of thioether (sulfide) groups is 1. The molecule has 3 atom stereocenters. The monoisotopic (exact) mass is 420 g/mol. The summed E-state index contributed by atoms with van der Waals surface area (Å²) in [5.41, 5.74) is 3.16. The van der Waals surface area contributed by atoms with Crippen LogP contribution < -0.4 is 4.74 Å². The van der Waals surface area contributed by atoms with Gasteiger partial charge in [-0.05, 0) is 41.3 Å². The Kier molecular flexibility index (Phi) is 7.41. The van der Waals surface area contributed by atoms with E-state index in [1.54, 1.807) is 14.0 Å². The van der Waals surface area contributed by atoms with Gasteiger partial charge in [0.25, 0.3) is 0 Å². The lowest BCUT2D eigenvalue weighted by Gasteiger charge is -2.33. The number of aliphatic hydroxyl groups excluding tert-OH is 1. The van der Waals surface area contributed by atoms with Crippen molar-refractivity contribution in [3.05, 3.63) is 64.2 Å². The summed E-state index contributed by atoms with van der Waals surface area (Å²) in [4.78, 5) is 11.2. The quantitative estimate of drug-likeness (QED) is 0.727. The molecule has 0 spiro atoms. The zero-order valence-corrected chi connectivity index (χ0v) is 17.6. The number of ether oxygens (including phenoxy) is 2. The van der Waals surface area contributed by atoms with Crippen LogP contribution in [0.15, 0.2) is 42.5 Å². The van der Waals surface area contributed by atoms with Crippen molar-refractivity contribution in [3.8, 4) is 5.75 Å². The molecule has 2 aromatic carbocycles. The SMILES string of the molecule is COc1ccc(Cc2cc(C3CC(O)CC(CSC(C)=O)O3)ccc2Cl)cc1. The van der Waals surface area contributed by atoms with Crippen molar-refractivity contribution in [2.75, 3.05) is 12.9 Å². The number of rotatable bonds is 6. The van der Waals surface area contributed by atoms with E-state index in [-0.39, 0.29) is 17.3 Å². The first kappa shape index (κ1) is 21.2. The number of carbonyl (C=O) groups excluding carboxylic acids is 1. The first-order valence-corrected chi connectivity index (χ1v) is 10.7. The average Bonchev–Trinajstić information content (AvgIpc) is 2.68. The van der Waals surface area contributed by atoms with Crippen molar-refractivity contribution in [1.29, 1.82) is 0 Å². The van der Waals surface area contributed by atoms with E-state index in [1.807, 2.05) is 36.4 Å². The van der Waals surface area contributed by atoms with Crippen LogP contribution in [0.3, 0.4) is 0 Å². The average molecular weight is 421 g/mol. The molecular formula is C22H25ClO4S. The van der Waals surface area contributed by atoms with Crippen molar-refractivity contribution in [2.24, 2.45) is 0 Å². The lowest BCUT2D eigenvalue weighted by molar-refractivity contribution is -0.109. The summed E-state index contributed by atoms with van der Waals surface area (Å²) in [6.45, 7) is 1.55. The van der Waals surface area contributed by atoms with Gasteiger partial charge in [0.15, 0.2) is 5.12 Å². The van der Waals surface area contributed by atoms with Gasteiger partial charge in [-0.15, -0.1) is 0 Å². The Morgan fingerprint density at radius 3 is 2.68 bits per heavy atom. The molecule has 150 valence electrons. The van der Waals surface area contributed by atoms with Crippen LogP contribution in [-0.4, -0.2) is 35.3 Å². The number of methoxy groups -OCH3 is 1. The Labute approximate surface area is 175 Å². The molecule has 1 aliphatic rings. The molecule has 3 rings (SSSR count). The van der Waals surface area contributed by atoms with Crippen molar-refractivity contribution >= 4 is 28.5 Å². The topological polar surface area (TPSA) is 55.8 Å². The van der Waals surface area contributed by atoms with E-state index >= 15 is 0 Å². The maximum absolute atomic E-state index is 11.2. The van der Waals surface area contributed by atoms with E-state index in [0.717, 1.165) is 22.4 Å². The molecule has 6 heteroatoms. The highest BCUT2D eigenvalue weighted by Crippen LogP contribution is 2.35. The molecule has 0 radical (unpaired) electrons. The summed E-state index contributed by atoms with van der Waals surface area (Å²) < 4.78 is 11.4. The van der Waals surface area contributed by atoms with Crippen LogP contribution in [0.5, 0.6) is 5.75 Å². The second-order valence-electron chi connectivity index (χ2n) is 7.05. The highest BCUT2D eigenvalue weighted by atomic mass is 35.5. The lowest BCUT2D eigenvalue weighted by Crippen LogP contribution is -2.33. The fourth-order valence-electron chi connectivity index (χ4n) is 3.42. The van der Waals surface area contributed by atoms with Gasteiger partial charge in [0.05, 0.1) is 25.4 Å². The van der Waals surface area contributed by atoms with Crippen molar-refractivity contribution in [3.63, 3.8) is 0 Å². The van der Waals surface area contributed by atoms with Crippen molar-refractivity contribution < 1.29 is 19.4 Å². The van der Waals surface area contributed by atoms with Gasteiger partial charge in [-0.1, -0.05) is 47.6 Å². The maximum atomic E-state index is 11.2. The number of aliphatic hydroxyl groups is 1. The molecule has 1 fully saturated rings. The number of halogens is 1. The van der Waals surface area contributed by atoms with Crippen molar-refractivity contribution in [2.45, 2.75) is 44.5 Å². The maximum Gasteiger partial charge on any atom is 0.185 e. The number of hydrogen-bond acceptors (Lipinski definition) is 5. The van der Waals surface area contributed by atoms with E-state index < -0.39 is 6.10 Å². The highest BCUT2D eigenvalue weighted by molar-refractivity contribution is 8.13. The third-order valence-corrected chi connectivity index (χ3v) is 6.16. The standard InChI is InChI=1S/C22H25ClO4S/c1-14(24)28-13-20-11-18(25)12-22(27-20)16-5-8-21(23)17(10-16)9-15-3-6-19(26-2)7-4-15/h3-8,10,18,20,22,25H,9,11-13H2,1-2H3. The minimum atomic E-state index is -0.433. The van der Waals surface area contributed by atoms with Crippen LogP contribution >= 0.6 is 23.4 Å². The van der Waals surface area contributed by atoms with Gasteiger partial charge in [0.1, 0.15) is 5.75 Å². The van der Waals surface area contributed by atoms with Crippen LogP contribution in [0.1, 0.15) is 42.6 Å². The molecule has 3 unspecified atom stereocenters. The van der Waals surface area contributed by atoms with Gasteiger partial charge in [-0.3, -0.25) is 4.79 Å². The van der Waals surface area contributed by atoms with Gasteiger partial charge in [-0.2, -0.15) is 0 Å². The minimum Gasteiger partial charge on any atom is -0.497 e. The first-order chi connectivity index (χ1) is 13.4. The molecule has 1 saturated heterocycles. The number of carbonyl (C=O) groups is 1. The van der Waals surface area contributed by atoms with Gasteiger partial charge >= 0.3 is 0 Å². The Morgan fingerprint density at radius 1 is 1.25 bits per heavy atom. The molecule has 2 aromatic rings. The largest absolute Gasteiger partial charge is 0.497 e. The first-order valence-electron chi connectivity index (χ1n) is 9.32. The Morgan fingerprint density at radius 2 is 2.00 bits per heavy atom. The van der Waals surface area contributed by atoms with E-state index in [0.29, 0.717) is 30.0 Å². The van der Waals surface area contributed by atoms with E-state index in [2.05, 4.69) is 6.07 Å². The smallest absolute Gasteiger partial charge is 0.185 e. The Balaban J connectivity index is 1.74. The normalized spacial score (nSPS) is 22.1. The molecule has 0 bridgehead atoms. The van der Waals surface area contributed by atoms with Crippen LogP contribution in [0.25, 0.3) is 0 Å². The van der Waals surface area contributed by atoms with E-state index in [1.165, 1.54) is 11.8 Å². The summed E-state index contributed by atoms with van der Waals surface area (Å²) in [7, 11) is 1.65. The van der Waals surface area contributed by atoms with Crippen LogP contribution in [0.2, 0.25) is 5.02 Å². The van der Waals surface area contributed by atoms with Crippen molar-refractivity contribution in [1.82, 2.24) is 0 Å². The molecule has 0 aliphatic carbocycles. The molecule has 1 aliphatic heterocycles. The van der Waals surface area contributed by atoms with E-state index in [9.17, 15) is 9.90 Å². The van der Waals surface area contributed by atoms with Gasteiger partial charge < -0.3 is 14.6 Å². The van der Waals surface area contributed by atoms with E-state index in [4.69, 9.17) is 21.1 Å². The predicted octanol–water partition coefficient (Wildman–Crippen LogP) is 4.80. The zero-order valence-electron chi connectivity index (χ0n) is 16.1. The molecule has 0 aromatic heterocycles. The third kappa shape index (κ3) is 5.74. The highest BCUT2D eigenvalue weighted by Gasteiger charge is 2.30. The molecule has 0 saturated carbocycles. The molecular weight excluding hydrogens is 396 g/mol. The fourth-order valence-corrected chi connectivity index (χ4v) is 4.24. The Hall–Kier alpha value is -1.53. The van der Waals surface area contributed by atoms with Gasteiger partial charge in [0, 0.05) is 30.5 Å². The van der Waals surface area contributed by atoms with Gasteiger partial charge in [0.2, 0.25) is 0 Å². The Bertz CT molecular complexity index is 809. The number of hydrogen-bond donors (Lipinski definition) is 1. The molecule has 28 heavy (non-hydrogen) atoms. The fraction of sp³-hybridized carbons (Fsp3) is 0.409. The summed E-state index contributed by atoms with van der Waals surface area (Å²) in [5.74, 6) is 1.39. The predicted molar refractivity (Wildman–Crippen MR) is 113 cm³/mol. The number of benzene rings is 2. The third-order valence-electron chi connectivity index (χ3n) is 4.85. The second kappa shape index (κ2) is 9.79. The van der Waals surface area contributed by atoms with Gasteiger partial charge in [-0.25, -0.2) is 0 Å². The zero-order chi connectivity index (χ0) is 20.1. The summed E-state index contributed by atoms with van der Waals surface area (Å²) in [6.07, 6.45) is 1.04. The van der Waals surface area contributed by atoms with Crippen LogP contribution in [0.4, 0.5) is 0 Å².